The molecule has 0 atom stereocenters. The van der Waals surface area contributed by atoms with Gasteiger partial charge in [-0.05, 0) is 44.4 Å². The molecule has 0 unspecified atom stereocenters. The summed E-state index contributed by atoms with van der Waals surface area (Å²) in [6.07, 6.45) is 0.229. The van der Waals surface area contributed by atoms with Gasteiger partial charge in [0.1, 0.15) is 5.75 Å². The van der Waals surface area contributed by atoms with E-state index in [9.17, 15) is 0 Å². The van der Waals surface area contributed by atoms with Gasteiger partial charge in [-0.3, -0.25) is 0 Å². The fourth-order valence-corrected chi connectivity index (χ4v) is 1.89. The van der Waals surface area contributed by atoms with Gasteiger partial charge in [0.25, 0.3) is 0 Å². The molecule has 17 heavy (non-hydrogen) atoms. The van der Waals surface area contributed by atoms with Gasteiger partial charge in [-0.25, -0.2) is 0 Å². The summed E-state index contributed by atoms with van der Waals surface area (Å²) in [5.41, 5.74) is 3.77. The summed E-state index contributed by atoms with van der Waals surface area (Å²) in [5, 5.41) is 3.44. The van der Waals surface area contributed by atoms with Gasteiger partial charge in [0.15, 0.2) is 0 Å². The van der Waals surface area contributed by atoms with E-state index in [0.29, 0.717) is 6.04 Å². The van der Waals surface area contributed by atoms with Gasteiger partial charge >= 0.3 is 0 Å². The second kappa shape index (κ2) is 6.06. The second-order valence-corrected chi connectivity index (χ2v) is 5.26. The van der Waals surface area contributed by atoms with E-state index in [1.54, 1.807) is 0 Å². The van der Waals surface area contributed by atoms with Crippen LogP contribution >= 0.6 is 0 Å². The van der Waals surface area contributed by atoms with E-state index in [-0.39, 0.29) is 6.10 Å². The molecule has 1 rings (SSSR count). The van der Waals surface area contributed by atoms with Crippen LogP contribution < -0.4 is 10.1 Å². The van der Waals surface area contributed by atoms with E-state index in [1.165, 1.54) is 16.7 Å². The van der Waals surface area contributed by atoms with Crippen LogP contribution in [-0.4, -0.2) is 12.1 Å². The zero-order chi connectivity index (χ0) is 13.0. The number of rotatable bonds is 5. The lowest BCUT2D eigenvalue weighted by molar-refractivity contribution is 0.239. The van der Waals surface area contributed by atoms with E-state index in [4.69, 9.17) is 4.74 Å². The molecule has 0 saturated carbocycles. The number of hydrogen-bond donors (Lipinski definition) is 1. The second-order valence-electron chi connectivity index (χ2n) is 5.26. The van der Waals surface area contributed by atoms with Crippen LogP contribution in [0.3, 0.4) is 0 Å². The summed E-state index contributed by atoms with van der Waals surface area (Å²) in [6, 6.07) is 4.93. The third-order valence-electron chi connectivity index (χ3n) is 2.59. The predicted molar refractivity (Wildman–Crippen MR) is 73.7 cm³/mol. The van der Waals surface area contributed by atoms with Crippen LogP contribution in [0.2, 0.25) is 0 Å². The number of hydrogen-bond acceptors (Lipinski definition) is 2. The number of benzene rings is 1. The van der Waals surface area contributed by atoms with E-state index in [0.717, 1.165) is 12.3 Å². The molecular weight excluding hydrogens is 210 g/mol. The SMILES string of the molecule is Cc1cc(CNC(C)C)cc(C)c1OC(C)C. The molecule has 1 N–H and O–H groups in total. The molecule has 1 aromatic rings. The zero-order valence-corrected chi connectivity index (χ0v) is 11.9. The molecule has 1 aromatic carbocycles. The molecule has 0 aliphatic heterocycles. The standard InChI is InChI=1S/C15H25NO/c1-10(2)16-9-14-7-12(5)15(13(6)8-14)17-11(3)4/h7-8,10-11,16H,9H2,1-6H3. The highest BCUT2D eigenvalue weighted by Gasteiger charge is 2.08. The van der Waals surface area contributed by atoms with Crippen LogP contribution in [0, 0.1) is 13.8 Å². The Balaban J connectivity index is 2.85. The summed E-state index contributed by atoms with van der Waals surface area (Å²) >= 11 is 0. The molecule has 0 fully saturated rings. The normalized spacial score (nSPS) is 11.3. The summed E-state index contributed by atoms with van der Waals surface area (Å²) in [5.74, 6) is 1.04. The molecule has 2 nitrogen and oxygen atoms in total. The predicted octanol–water partition coefficient (Wildman–Crippen LogP) is 3.59. The molecule has 0 aliphatic carbocycles. The smallest absolute Gasteiger partial charge is 0.125 e. The zero-order valence-electron chi connectivity index (χ0n) is 11.9. The molecule has 96 valence electrons. The number of nitrogens with one attached hydrogen (secondary N) is 1. The minimum absolute atomic E-state index is 0.229. The van der Waals surface area contributed by atoms with Crippen LogP contribution in [-0.2, 0) is 6.54 Å². The highest BCUT2D eigenvalue weighted by Crippen LogP contribution is 2.25. The Morgan fingerprint density at radius 1 is 1.06 bits per heavy atom. The van der Waals surface area contributed by atoms with Gasteiger partial charge < -0.3 is 10.1 Å². The van der Waals surface area contributed by atoms with Crippen LogP contribution in [0.4, 0.5) is 0 Å². The molecule has 0 aromatic heterocycles. The first-order valence-corrected chi connectivity index (χ1v) is 6.40. The van der Waals surface area contributed by atoms with Crippen molar-refractivity contribution >= 4 is 0 Å². The highest BCUT2D eigenvalue weighted by atomic mass is 16.5. The van der Waals surface area contributed by atoms with Crippen molar-refractivity contribution in [2.45, 2.75) is 60.2 Å². The monoisotopic (exact) mass is 235 g/mol. The minimum Gasteiger partial charge on any atom is -0.490 e. The Hall–Kier alpha value is -1.02. The van der Waals surface area contributed by atoms with Gasteiger partial charge in [-0.1, -0.05) is 26.0 Å². The van der Waals surface area contributed by atoms with Crippen molar-refractivity contribution in [3.05, 3.63) is 28.8 Å². The molecule has 0 saturated heterocycles. The Bertz CT molecular complexity index is 346. The number of ether oxygens (including phenoxy) is 1. The lowest BCUT2D eigenvalue weighted by Crippen LogP contribution is -2.22. The quantitative estimate of drug-likeness (QED) is 0.842. The first-order valence-electron chi connectivity index (χ1n) is 6.40. The third kappa shape index (κ3) is 4.39. The van der Waals surface area contributed by atoms with Gasteiger partial charge in [0, 0.05) is 12.6 Å². The van der Waals surface area contributed by atoms with Crippen molar-refractivity contribution in [1.82, 2.24) is 5.32 Å². The summed E-state index contributed by atoms with van der Waals surface area (Å²) < 4.78 is 5.84. The van der Waals surface area contributed by atoms with Gasteiger partial charge in [-0.15, -0.1) is 0 Å². The van der Waals surface area contributed by atoms with Crippen LogP contribution in [0.5, 0.6) is 5.75 Å². The van der Waals surface area contributed by atoms with E-state index >= 15 is 0 Å². The van der Waals surface area contributed by atoms with Crippen LogP contribution in [0.25, 0.3) is 0 Å². The average Bonchev–Trinajstić information content (AvgIpc) is 2.20. The summed E-state index contributed by atoms with van der Waals surface area (Å²) in [7, 11) is 0. The molecule has 0 heterocycles. The Morgan fingerprint density at radius 3 is 2.00 bits per heavy atom. The number of aryl methyl sites for hydroxylation is 2. The molecule has 0 spiro atoms. The van der Waals surface area contributed by atoms with Crippen molar-refractivity contribution in [3.8, 4) is 5.75 Å². The molecule has 0 bridgehead atoms. The average molecular weight is 235 g/mol. The Morgan fingerprint density at radius 2 is 1.59 bits per heavy atom. The Labute approximate surface area is 105 Å². The van der Waals surface area contributed by atoms with E-state index < -0.39 is 0 Å². The van der Waals surface area contributed by atoms with Gasteiger partial charge in [0.2, 0.25) is 0 Å². The van der Waals surface area contributed by atoms with E-state index in [1.807, 2.05) is 0 Å². The largest absolute Gasteiger partial charge is 0.490 e. The lowest BCUT2D eigenvalue weighted by Gasteiger charge is -2.17. The maximum atomic E-state index is 5.84. The Kier molecular flexibility index (Phi) is 5.01. The van der Waals surface area contributed by atoms with Crippen molar-refractivity contribution in [2.24, 2.45) is 0 Å². The maximum absolute atomic E-state index is 5.84. The topological polar surface area (TPSA) is 21.3 Å². The fourth-order valence-electron chi connectivity index (χ4n) is 1.89. The third-order valence-corrected chi connectivity index (χ3v) is 2.59. The van der Waals surface area contributed by atoms with Crippen LogP contribution in [0.1, 0.15) is 44.4 Å². The summed E-state index contributed by atoms with van der Waals surface area (Å²) in [6.45, 7) is 13.6. The van der Waals surface area contributed by atoms with Crippen molar-refractivity contribution in [2.75, 3.05) is 0 Å². The molecule has 0 amide bonds. The molecular formula is C15H25NO. The van der Waals surface area contributed by atoms with Gasteiger partial charge in [-0.2, -0.15) is 0 Å². The van der Waals surface area contributed by atoms with E-state index in [2.05, 4.69) is 59.0 Å². The lowest BCUT2D eigenvalue weighted by atomic mass is 10.1. The van der Waals surface area contributed by atoms with Crippen molar-refractivity contribution < 1.29 is 4.74 Å². The molecule has 2 heteroatoms. The first-order chi connectivity index (χ1) is 7.90. The fraction of sp³-hybridized carbons (Fsp3) is 0.600. The molecule has 0 radical (unpaired) electrons. The van der Waals surface area contributed by atoms with Crippen molar-refractivity contribution in [1.29, 1.82) is 0 Å². The maximum Gasteiger partial charge on any atom is 0.125 e. The van der Waals surface area contributed by atoms with Gasteiger partial charge in [0.05, 0.1) is 6.10 Å². The van der Waals surface area contributed by atoms with Crippen molar-refractivity contribution in [3.63, 3.8) is 0 Å². The molecule has 0 aliphatic rings. The first kappa shape index (κ1) is 14.0. The van der Waals surface area contributed by atoms with Crippen LogP contribution in [0.15, 0.2) is 12.1 Å². The minimum atomic E-state index is 0.229. The summed E-state index contributed by atoms with van der Waals surface area (Å²) in [4.78, 5) is 0. The highest BCUT2D eigenvalue weighted by molar-refractivity contribution is 5.43.